The molecule has 0 unspecified atom stereocenters. The van der Waals surface area contributed by atoms with Gasteiger partial charge in [0.05, 0.1) is 0 Å². The molecule has 0 amide bonds. The zero-order valence-corrected chi connectivity index (χ0v) is 7.22. The van der Waals surface area contributed by atoms with Crippen LogP contribution < -0.4 is 0 Å². The van der Waals surface area contributed by atoms with Crippen LogP contribution in [-0.2, 0) is 0 Å². The summed E-state index contributed by atoms with van der Waals surface area (Å²) in [5, 5.41) is 0. The van der Waals surface area contributed by atoms with Gasteiger partial charge in [0, 0.05) is 0 Å². The number of hydrogen-bond acceptors (Lipinski definition) is 0. The Labute approximate surface area is 69.3 Å². The Morgan fingerprint density at radius 2 is 2.27 bits per heavy atom. The molecule has 0 atom stereocenters. The molecule has 60 valence electrons. The summed E-state index contributed by atoms with van der Waals surface area (Å²) >= 11 is 0. The summed E-state index contributed by atoms with van der Waals surface area (Å²) in [6.07, 6.45) is 16.0. The van der Waals surface area contributed by atoms with Crippen LogP contribution in [-0.4, -0.2) is 0 Å². The van der Waals surface area contributed by atoms with Crippen LogP contribution in [0.3, 0.4) is 0 Å². The molecule has 0 bridgehead atoms. The topological polar surface area (TPSA) is 0 Å². The lowest BCUT2D eigenvalue weighted by molar-refractivity contribution is 1.00. The van der Waals surface area contributed by atoms with Gasteiger partial charge in [-0.05, 0) is 31.3 Å². The third kappa shape index (κ3) is 3.22. The van der Waals surface area contributed by atoms with E-state index in [1.54, 1.807) is 0 Å². The summed E-state index contributed by atoms with van der Waals surface area (Å²) in [6.45, 7) is 2.17. The Kier molecular flexibility index (Phi) is 3.74. The smallest absolute Gasteiger partial charge is 0.0101 e. The van der Waals surface area contributed by atoms with E-state index >= 15 is 0 Å². The lowest BCUT2D eigenvalue weighted by atomic mass is 10.0. The molecule has 0 aromatic rings. The minimum atomic E-state index is 1.12. The third-order valence-electron chi connectivity index (χ3n) is 1.83. The zero-order chi connectivity index (χ0) is 7.94. The van der Waals surface area contributed by atoms with Crippen molar-refractivity contribution in [3.8, 4) is 0 Å². The van der Waals surface area contributed by atoms with Gasteiger partial charge in [0.2, 0.25) is 0 Å². The Morgan fingerprint density at radius 3 is 2.91 bits per heavy atom. The molecule has 0 saturated carbocycles. The predicted molar refractivity (Wildman–Crippen MR) is 50.5 cm³/mol. The van der Waals surface area contributed by atoms with Gasteiger partial charge in [0.1, 0.15) is 0 Å². The second-order valence-corrected chi connectivity index (χ2v) is 2.84. The van der Waals surface area contributed by atoms with Gasteiger partial charge in [0.15, 0.2) is 0 Å². The highest BCUT2D eigenvalue weighted by Crippen LogP contribution is 2.13. The highest BCUT2D eigenvalue weighted by molar-refractivity contribution is 5.24. The number of allylic oxidation sites excluding steroid dienone is 6. The summed E-state index contributed by atoms with van der Waals surface area (Å²) in [4.78, 5) is 0. The summed E-state index contributed by atoms with van der Waals surface area (Å²) in [6, 6.07) is 0. The summed E-state index contributed by atoms with van der Waals surface area (Å²) in [5.41, 5.74) is 1.47. The minimum absolute atomic E-state index is 1.12. The van der Waals surface area contributed by atoms with E-state index in [2.05, 4.69) is 37.3 Å². The molecule has 0 fully saturated rings. The number of rotatable bonds is 3. The van der Waals surface area contributed by atoms with E-state index in [-0.39, 0.29) is 0 Å². The predicted octanol–water partition coefficient (Wildman–Crippen LogP) is 3.62. The van der Waals surface area contributed by atoms with Crippen molar-refractivity contribution >= 4 is 0 Å². The molecule has 0 radical (unpaired) electrons. The van der Waals surface area contributed by atoms with Gasteiger partial charge in [-0.3, -0.25) is 0 Å². The molecule has 0 nitrogen and oxygen atoms in total. The quantitative estimate of drug-likeness (QED) is 0.536. The average Bonchev–Trinajstić information content (AvgIpc) is 2.07. The SMILES string of the molecule is CCC=CCC1=CCCC=C1. The zero-order valence-electron chi connectivity index (χ0n) is 7.22. The Balaban J connectivity index is 2.31. The lowest BCUT2D eigenvalue weighted by Gasteiger charge is -2.02. The van der Waals surface area contributed by atoms with Crippen molar-refractivity contribution in [3.05, 3.63) is 36.0 Å². The summed E-state index contributed by atoms with van der Waals surface area (Å²) < 4.78 is 0. The molecule has 0 N–H and O–H groups in total. The first-order valence-corrected chi connectivity index (χ1v) is 4.44. The molecule has 0 heterocycles. The largest absolute Gasteiger partial charge is 0.0885 e. The van der Waals surface area contributed by atoms with E-state index in [4.69, 9.17) is 0 Å². The molecule has 1 aliphatic rings. The lowest BCUT2D eigenvalue weighted by Crippen LogP contribution is -1.82. The molecule has 11 heavy (non-hydrogen) atoms. The van der Waals surface area contributed by atoms with Gasteiger partial charge >= 0.3 is 0 Å². The van der Waals surface area contributed by atoms with Gasteiger partial charge in [-0.15, -0.1) is 0 Å². The van der Waals surface area contributed by atoms with E-state index in [0.29, 0.717) is 0 Å². The van der Waals surface area contributed by atoms with Crippen molar-refractivity contribution in [1.82, 2.24) is 0 Å². The van der Waals surface area contributed by atoms with Crippen LogP contribution in [0.2, 0.25) is 0 Å². The van der Waals surface area contributed by atoms with Crippen molar-refractivity contribution in [2.45, 2.75) is 32.6 Å². The van der Waals surface area contributed by atoms with Crippen molar-refractivity contribution in [2.75, 3.05) is 0 Å². The van der Waals surface area contributed by atoms with Crippen molar-refractivity contribution < 1.29 is 0 Å². The normalized spacial score (nSPS) is 17.4. The van der Waals surface area contributed by atoms with Crippen LogP contribution in [0.5, 0.6) is 0 Å². The molecule has 0 spiro atoms. The van der Waals surface area contributed by atoms with Gasteiger partial charge < -0.3 is 0 Å². The van der Waals surface area contributed by atoms with Crippen LogP contribution >= 0.6 is 0 Å². The van der Waals surface area contributed by atoms with Gasteiger partial charge in [-0.25, -0.2) is 0 Å². The van der Waals surface area contributed by atoms with E-state index < -0.39 is 0 Å². The minimum Gasteiger partial charge on any atom is -0.0885 e. The highest BCUT2D eigenvalue weighted by Gasteiger charge is 1.92. The van der Waals surface area contributed by atoms with Gasteiger partial charge in [-0.2, -0.15) is 0 Å². The molecular weight excluding hydrogens is 132 g/mol. The molecule has 0 aliphatic heterocycles. The van der Waals surface area contributed by atoms with Crippen molar-refractivity contribution in [1.29, 1.82) is 0 Å². The molecule has 0 aromatic carbocycles. The van der Waals surface area contributed by atoms with E-state index in [1.165, 1.54) is 18.4 Å². The molecular formula is C11H16. The molecule has 0 saturated heterocycles. The first-order chi connectivity index (χ1) is 5.43. The summed E-state index contributed by atoms with van der Waals surface area (Å²) in [5.74, 6) is 0. The Hall–Kier alpha value is -0.780. The van der Waals surface area contributed by atoms with E-state index in [1.807, 2.05) is 0 Å². The third-order valence-corrected chi connectivity index (χ3v) is 1.83. The standard InChI is InChI=1S/C11H16/c1-2-3-5-8-11-9-6-4-7-10-11/h3,5-6,9-10H,2,4,7-8H2,1H3. The van der Waals surface area contributed by atoms with E-state index in [9.17, 15) is 0 Å². The van der Waals surface area contributed by atoms with Gasteiger partial charge in [-0.1, -0.05) is 37.3 Å². The fourth-order valence-electron chi connectivity index (χ4n) is 1.21. The molecule has 1 rings (SSSR count). The maximum absolute atomic E-state index is 2.33. The average molecular weight is 148 g/mol. The molecule has 0 heteroatoms. The maximum Gasteiger partial charge on any atom is -0.0101 e. The maximum atomic E-state index is 2.33. The monoisotopic (exact) mass is 148 g/mol. The molecule has 1 aliphatic carbocycles. The van der Waals surface area contributed by atoms with Gasteiger partial charge in [0.25, 0.3) is 0 Å². The first-order valence-electron chi connectivity index (χ1n) is 4.44. The van der Waals surface area contributed by atoms with Crippen molar-refractivity contribution in [2.24, 2.45) is 0 Å². The van der Waals surface area contributed by atoms with Crippen LogP contribution in [0.15, 0.2) is 36.0 Å². The van der Waals surface area contributed by atoms with Crippen molar-refractivity contribution in [3.63, 3.8) is 0 Å². The highest BCUT2D eigenvalue weighted by atomic mass is 14.0. The van der Waals surface area contributed by atoms with Crippen LogP contribution in [0.4, 0.5) is 0 Å². The summed E-state index contributed by atoms with van der Waals surface area (Å²) in [7, 11) is 0. The molecule has 0 aromatic heterocycles. The Bertz CT molecular complexity index is 182. The van der Waals surface area contributed by atoms with E-state index in [0.717, 1.165) is 12.8 Å². The first kappa shape index (κ1) is 8.32. The second kappa shape index (κ2) is 4.95. The van der Waals surface area contributed by atoms with Crippen LogP contribution in [0.1, 0.15) is 32.6 Å². The Morgan fingerprint density at radius 1 is 1.36 bits per heavy atom. The number of hydrogen-bond donors (Lipinski definition) is 0. The fraction of sp³-hybridized carbons (Fsp3) is 0.455. The van der Waals surface area contributed by atoms with Crippen LogP contribution in [0, 0.1) is 0 Å². The van der Waals surface area contributed by atoms with Crippen LogP contribution in [0.25, 0.3) is 0 Å². The fourth-order valence-corrected chi connectivity index (χ4v) is 1.21. The second-order valence-electron chi connectivity index (χ2n) is 2.84.